The summed E-state index contributed by atoms with van der Waals surface area (Å²) in [6.45, 7) is 10.9. The molecule has 1 aromatic rings. The molecule has 5 aliphatic rings. The number of nitrogens with zero attached hydrogens (tertiary/aromatic N) is 5. The van der Waals surface area contributed by atoms with Gasteiger partial charge in [0.2, 0.25) is 24.1 Å². The number of nitrogens with one attached hydrogen (secondary N) is 1. The normalized spacial score (nSPS) is 22.8. The molecule has 270 valence electrons. The molecule has 0 saturated heterocycles. The number of hydrogen-bond donors (Lipinski definition) is 1. The predicted octanol–water partition coefficient (Wildman–Crippen LogP) is 11.0. The van der Waals surface area contributed by atoms with E-state index in [-0.39, 0.29) is 30.2 Å². The van der Waals surface area contributed by atoms with Crippen molar-refractivity contribution >= 4 is 40.7 Å². The van der Waals surface area contributed by atoms with Crippen molar-refractivity contribution in [2.24, 2.45) is 0 Å². The Kier molecular flexibility index (Phi) is 12.8. The highest BCUT2D eigenvalue weighted by molar-refractivity contribution is 7.65. The first-order valence-electron chi connectivity index (χ1n) is 20.1. The summed E-state index contributed by atoms with van der Waals surface area (Å²) in [7, 11) is -4.37. The number of anilines is 3. The summed E-state index contributed by atoms with van der Waals surface area (Å²) < 4.78 is 29.6. The summed E-state index contributed by atoms with van der Waals surface area (Å²) in [5, 5.41) is 3.39. The van der Waals surface area contributed by atoms with Crippen molar-refractivity contribution in [2.45, 2.75) is 190 Å². The zero-order valence-electron chi connectivity index (χ0n) is 30.8. The second-order valence-electron chi connectivity index (χ2n) is 16.2. The molecule has 1 unspecified atom stereocenters. The van der Waals surface area contributed by atoms with Crippen LogP contribution in [0, 0.1) is 0 Å². The third kappa shape index (κ3) is 8.12. The highest BCUT2D eigenvalue weighted by atomic mass is 31.2. The molecule has 1 atom stereocenters. The van der Waals surface area contributed by atoms with Crippen molar-refractivity contribution in [1.29, 1.82) is 0 Å². The minimum absolute atomic E-state index is 0.0565. The molecule has 48 heavy (non-hydrogen) atoms. The van der Waals surface area contributed by atoms with Crippen LogP contribution in [0.2, 0.25) is 0 Å². The van der Waals surface area contributed by atoms with Crippen molar-refractivity contribution in [2.75, 3.05) is 40.8 Å². The lowest BCUT2D eigenvalue weighted by atomic mass is 10.3. The van der Waals surface area contributed by atoms with Gasteiger partial charge in [0.05, 0.1) is 11.6 Å². The zero-order chi connectivity index (χ0) is 33.7. The van der Waals surface area contributed by atoms with Crippen LogP contribution < -0.4 is 15.1 Å². The molecule has 5 aliphatic carbocycles. The second-order valence-corrected chi connectivity index (χ2v) is 24.9. The van der Waals surface area contributed by atoms with Crippen LogP contribution in [0.15, 0.2) is 0 Å². The van der Waals surface area contributed by atoms with E-state index in [4.69, 9.17) is 15.0 Å². The fraction of sp³-hybridized carbons (Fsp3) is 0.919. The van der Waals surface area contributed by atoms with E-state index in [1.165, 1.54) is 89.9 Å². The smallest absolute Gasteiger partial charge is 0.354 e. The Hall–Kier alpha value is -0.830. The van der Waals surface area contributed by atoms with Crippen molar-refractivity contribution < 1.29 is 9.13 Å². The first kappa shape index (κ1) is 36.9. The average molecular weight is 720 g/mol. The zero-order valence-corrected chi connectivity index (χ0v) is 33.4. The molecule has 5 saturated carbocycles. The quantitative estimate of drug-likeness (QED) is 0.169. The maximum Gasteiger partial charge on any atom is 0.363 e. The molecule has 0 bridgehead atoms. The van der Waals surface area contributed by atoms with Crippen LogP contribution in [-0.2, 0) is 9.13 Å². The van der Waals surface area contributed by atoms with Gasteiger partial charge in [-0.25, -0.2) is 0 Å². The van der Waals surface area contributed by atoms with Gasteiger partial charge in [0, 0.05) is 24.4 Å². The van der Waals surface area contributed by atoms with E-state index in [0.717, 1.165) is 62.3 Å². The maximum atomic E-state index is 15.5. The summed E-state index contributed by atoms with van der Waals surface area (Å²) in [5.74, 6) is 1.92. The molecule has 1 aromatic heterocycles. The van der Waals surface area contributed by atoms with Crippen LogP contribution in [0.5, 0.6) is 0 Å². The van der Waals surface area contributed by atoms with E-state index in [2.05, 4.69) is 42.8 Å². The van der Waals surface area contributed by atoms with Crippen LogP contribution in [0.25, 0.3) is 0 Å². The lowest BCUT2D eigenvalue weighted by Gasteiger charge is -2.49. The Labute approximate surface area is 294 Å². The van der Waals surface area contributed by atoms with E-state index >= 15 is 4.57 Å². The Bertz CT molecular complexity index is 1220. The average Bonchev–Trinajstić information content (AvgIpc) is 3.92. The predicted molar refractivity (Wildman–Crippen MR) is 207 cm³/mol. The molecule has 8 nitrogen and oxygen atoms in total. The van der Waals surface area contributed by atoms with Gasteiger partial charge in [-0.15, -0.1) is 0 Å². The SMILES string of the molecule is CCNc1nc(N(C[P+](=O)C2CCCC2)CP(=O)(C2CCCC2)C2CCCC2)nc(N(CC)C(C)(C)P(C2CCCC2)C2CCCC2)n1. The van der Waals surface area contributed by atoms with Crippen LogP contribution in [0.4, 0.5) is 17.8 Å². The highest BCUT2D eigenvalue weighted by Gasteiger charge is 2.48. The molecule has 0 aromatic carbocycles. The Morgan fingerprint density at radius 1 is 0.750 bits per heavy atom. The van der Waals surface area contributed by atoms with Crippen LogP contribution in [0.1, 0.15) is 156 Å². The van der Waals surface area contributed by atoms with Gasteiger partial charge >= 0.3 is 7.80 Å². The fourth-order valence-electron chi connectivity index (χ4n) is 10.4. The minimum atomic E-state index is -2.61. The van der Waals surface area contributed by atoms with Gasteiger partial charge in [-0.3, -0.25) is 4.90 Å². The van der Waals surface area contributed by atoms with Crippen LogP contribution in [-0.4, -0.2) is 74.2 Å². The van der Waals surface area contributed by atoms with Gasteiger partial charge in [-0.05, 0) is 116 Å². The topological polar surface area (TPSA) is 91.3 Å². The fourth-order valence-corrected chi connectivity index (χ4v) is 21.4. The lowest BCUT2D eigenvalue weighted by Crippen LogP contribution is -2.47. The number of hydrogen-bond acceptors (Lipinski definition) is 8. The third-order valence-electron chi connectivity index (χ3n) is 12.8. The summed E-state index contributed by atoms with van der Waals surface area (Å²) in [6, 6.07) is 0. The van der Waals surface area contributed by atoms with Gasteiger partial charge in [0.25, 0.3) is 0 Å². The molecule has 1 heterocycles. The van der Waals surface area contributed by atoms with Crippen LogP contribution in [0.3, 0.4) is 0 Å². The first-order valence-corrected chi connectivity index (χ1v) is 25.1. The summed E-state index contributed by atoms with van der Waals surface area (Å²) in [4.78, 5) is 20.2. The molecule has 1 N–H and O–H groups in total. The monoisotopic (exact) mass is 719 g/mol. The minimum Gasteiger partial charge on any atom is -0.354 e. The first-order chi connectivity index (χ1) is 23.2. The van der Waals surface area contributed by atoms with Gasteiger partial charge < -0.3 is 14.8 Å². The van der Waals surface area contributed by atoms with Gasteiger partial charge in [-0.2, -0.15) is 15.0 Å². The Balaban J connectivity index is 1.39. The van der Waals surface area contributed by atoms with Crippen LogP contribution >= 0.6 is 22.9 Å². The Morgan fingerprint density at radius 3 is 1.73 bits per heavy atom. The maximum absolute atomic E-state index is 15.5. The van der Waals surface area contributed by atoms with E-state index in [1.807, 2.05) is 0 Å². The van der Waals surface area contributed by atoms with E-state index < -0.39 is 14.9 Å². The van der Waals surface area contributed by atoms with E-state index in [9.17, 15) is 4.57 Å². The molecular weight excluding hydrogens is 653 g/mol. The molecular formula is C37H66N6O2P3+. The summed E-state index contributed by atoms with van der Waals surface area (Å²) >= 11 is 0. The molecule has 0 aliphatic heterocycles. The standard InChI is InChI=1S/C37H66N6O2P3/c1-5-38-34-39-35(41-36(40-34)43(6-2)37(3,4)47(30-19-9-10-20-30)31-21-11-12-22-31)42(27-46(44)29-17-7-8-18-29)28-48(45,32-23-13-14-24-32)33-25-15-16-26-33/h29-33H,5-28H2,1-4H3,(H,38,39,40,41)/q+1. The lowest BCUT2D eigenvalue weighted by molar-refractivity contribution is 0.547. The third-order valence-corrected chi connectivity index (χ3v) is 23.2. The molecule has 0 radical (unpaired) electrons. The molecule has 0 amide bonds. The molecule has 0 spiro atoms. The van der Waals surface area contributed by atoms with Crippen molar-refractivity contribution in [1.82, 2.24) is 15.0 Å². The van der Waals surface area contributed by atoms with E-state index in [0.29, 0.717) is 31.0 Å². The highest BCUT2D eigenvalue weighted by Crippen LogP contribution is 2.66. The van der Waals surface area contributed by atoms with Gasteiger partial charge in [-0.1, -0.05) is 63.9 Å². The Morgan fingerprint density at radius 2 is 1.23 bits per heavy atom. The molecule has 5 fully saturated rings. The molecule has 11 heteroatoms. The summed E-state index contributed by atoms with van der Waals surface area (Å²) in [5.41, 5.74) is 2.46. The summed E-state index contributed by atoms with van der Waals surface area (Å²) in [6.07, 6.45) is 25.3. The number of rotatable bonds is 16. The van der Waals surface area contributed by atoms with Gasteiger partial charge in [0.15, 0.2) is 5.66 Å². The van der Waals surface area contributed by atoms with Crippen molar-refractivity contribution in [3.05, 3.63) is 0 Å². The van der Waals surface area contributed by atoms with Gasteiger partial charge in [0.1, 0.15) is 7.14 Å². The second kappa shape index (κ2) is 16.7. The van der Waals surface area contributed by atoms with Crippen molar-refractivity contribution in [3.8, 4) is 0 Å². The molecule has 6 rings (SSSR count). The number of aromatic nitrogens is 3. The van der Waals surface area contributed by atoms with Crippen molar-refractivity contribution in [3.63, 3.8) is 0 Å². The largest absolute Gasteiger partial charge is 0.363 e. The van der Waals surface area contributed by atoms with E-state index in [1.54, 1.807) is 0 Å².